The van der Waals surface area contributed by atoms with Crippen LogP contribution in [0.15, 0.2) is 24.3 Å². The molecule has 0 saturated carbocycles. The smallest absolute Gasteiger partial charge is 0.227 e. The molecule has 1 N–H and O–H groups in total. The molecule has 1 atom stereocenters. The van der Waals surface area contributed by atoms with Crippen LogP contribution in [0.25, 0.3) is 0 Å². The van der Waals surface area contributed by atoms with Crippen molar-refractivity contribution in [1.29, 1.82) is 0 Å². The van der Waals surface area contributed by atoms with Gasteiger partial charge in [-0.15, -0.1) is 0 Å². The molecule has 1 aliphatic rings. The zero-order valence-corrected chi connectivity index (χ0v) is 12.7. The lowest BCUT2D eigenvalue weighted by atomic mass is 10.0. The summed E-state index contributed by atoms with van der Waals surface area (Å²) in [5.41, 5.74) is 2.36. The van der Waals surface area contributed by atoms with Gasteiger partial charge in [0.05, 0.1) is 6.42 Å². The van der Waals surface area contributed by atoms with Crippen LogP contribution in [-0.4, -0.2) is 36.5 Å². The van der Waals surface area contributed by atoms with Gasteiger partial charge in [-0.25, -0.2) is 0 Å². The molecule has 1 aromatic rings. The van der Waals surface area contributed by atoms with Gasteiger partial charge in [0.15, 0.2) is 0 Å². The summed E-state index contributed by atoms with van der Waals surface area (Å²) in [6.07, 6.45) is 3.98. The Bertz CT molecular complexity index is 444. The highest BCUT2D eigenvalue weighted by atomic mass is 16.2. The number of piperidine rings is 1. The van der Waals surface area contributed by atoms with E-state index in [4.69, 9.17) is 0 Å². The fourth-order valence-electron chi connectivity index (χ4n) is 2.80. The number of hydrogen-bond donors (Lipinski definition) is 1. The van der Waals surface area contributed by atoms with Crippen LogP contribution >= 0.6 is 0 Å². The summed E-state index contributed by atoms with van der Waals surface area (Å²) in [7, 11) is 0. The first kappa shape index (κ1) is 15.0. The normalized spacial score (nSPS) is 19.1. The molecule has 3 heteroatoms. The van der Waals surface area contributed by atoms with Crippen molar-refractivity contribution in [3.63, 3.8) is 0 Å². The quantitative estimate of drug-likeness (QED) is 0.895. The fraction of sp³-hybridized carbons (Fsp3) is 0.588. The maximum atomic E-state index is 12.4. The largest absolute Gasteiger partial charge is 0.341 e. The molecule has 0 bridgehead atoms. The Balaban J connectivity index is 1.90. The second-order valence-electron chi connectivity index (χ2n) is 5.74. The average Bonchev–Trinajstić information content (AvgIpc) is 2.48. The third-order valence-corrected chi connectivity index (χ3v) is 4.06. The Labute approximate surface area is 122 Å². The molecule has 3 nitrogen and oxygen atoms in total. The van der Waals surface area contributed by atoms with Gasteiger partial charge < -0.3 is 10.2 Å². The topological polar surface area (TPSA) is 32.3 Å². The van der Waals surface area contributed by atoms with Gasteiger partial charge >= 0.3 is 0 Å². The summed E-state index contributed by atoms with van der Waals surface area (Å²) in [6, 6.07) is 8.64. The van der Waals surface area contributed by atoms with Crippen LogP contribution in [0.5, 0.6) is 0 Å². The van der Waals surface area contributed by atoms with E-state index in [9.17, 15) is 4.79 Å². The van der Waals surface area contributed by atoms with E-state index in [1.54, 1.807) is 0 Å². The lowest BCUT2D eigenvalue weighted by Gasteiger charge is -2.33. The molecule has 1 aromatic carbocycles. The molecule has 110 valence electrons. The van der Waals surface area contributed by atoms with Gasteiger partial charge in [-0.1, -0.05) is 31.2 Å². The van der Waals surface area contributed by atoms with Crippen molar-refractivity contribution < 1.29 is 4.79 Å². The third-order valence-electron chi connectivity index (χ3n) is 4.06. The number of nitrogens with zero attached hydrogens (tertiary/aromatic N) is 1. The zero-order valence-electron chi connectivity index (χ0n) is 12.7. The molecule has 0 aromatic heterocycles. The molecule has 0 aliphatic carbocycles. The maximum Gasteiger partial charge on any atom is 0.227 e. The van der Waals surface area contributed by atoms with Crippen LogP contribution in [0.1, 0.15) is 37.3 Å². The predicted octanol–water partition coefficient (Wildman–Crippen LogP) is 2.53. The van der Waals surface area contributed by atoms with Gasteiger partial charge in [-0.2, -0.15) is 0 Å². The van der Waals surface area contributed by atoms with Gasteiger partial charge in [-0.05, 0) is 43.9 Å². The molecule has 1 amide bonds. The van der Waals surface area contributed by atoms with E-state index >= 15 is 0 Å². The lowest BCUT2D eigenvalue weighted by Crippen LogP contribution is -2.48. The van der Waals surface area contributed by atoms with Crippen molar-refractivity contribution in [3.8, 4) is 0 Å². The SMILES string of the molecule is CCCNC1CCCN(C(=O)Cc2ccccc2C)C1. The lowest BCUT2D eigenvalue weighted by molar-refractivity contribution is -0.131. The second-order valence-corrected chi connectivity index (χ2v) is 5.74. The monoisotopic (exact) mass is 274 g/mol. The average molecular weight is 274 g/mol. The summed E-state index contributed by atoms with van der Waals surface area (Å²) in [4.78, 5) is 14.5. The predicted molar refractivity (Wildman–Crippen MR) is 82.8 cm³/mol. The molecule has 2 rings (SSSR count). The van der Waals surface area contributed by atoms with E-state index in [0.29, 0.717) is 12.5 Å². The Morgan fingerprint density at radius 1 is 1.40 bits per heavy atom. The minimum absolute atomic E-state index is 0.266. The second kappa shape index (κ2) is 7.44. The van der Waals surface area contributed by atoms with Crippen molar-refractivity contribution >= 4 is 5.91 Å². The molecule has 1 saturated heterocycles. The van der Waals surface area contributed by atoms with E-state index < -0.39 is 0 Å². The van der Waals surface area contributed by atoms with E-state index in [2.05, 4.69) is 31.3 Å². The summed E-state index contributed by atoms with van der Waals surface area (Å²) in [6.45, 7) is 7.07. The number of carbonyl (C=O) groups is 1. The number of likely N-dealkylation sites (tertiary alicyclic amines) is 1. The minimum Gasteiger partial charge on any atom is -0.341 e. The minimum atomic E-state index is 0.266. The van der Waals surface area contributed by atoms with Gasteiger partial charge in [-0.3, -0.25) is 4.79 Å². The Hall–Kier alpha value is -1.35. The Kier molecular flexibility index (Phi) is 5.60. The summed E-state index contributed by atoms with van der Waals surface area (Å²) >= 11 is 0. The number of benzene rings is 1. The van der Waals surface area contributed by atoms with Crippen LogP contribution in [0, 0.1) is 6.92 Å². The van der Waals surface area contributed by atoms with Gasteiger partial charge in [0.1, 0.15) is 0 Å². The van der Waals surface area contributed by atoms with E-state index in [-0.39, 0.29) is 5.91 Å². The standard InChI is InChI=1S/C17H26N2O/c1-3-10-18-16-9-6-11-19(13-16)17(20)12-15-8-5-4-7-14(15)2/h4-5,7-8,16,18H,3,6,9-13H2,1-2H3. The van der Waals surface area contributed by atoms with Crippen LogP contribution in [0.3, 0.4) is 0 Å². The first-order chi connectivity index (χ1) is 9.70. The fourth-order valence-corrected chi connectivity index (χ4v) is 2.80. The summed E-state index contributed by atoms with van der Waals surface area (Å²) < 4.78 is 0. The molecule has 0 spiro atoms. The van der Waals surface area contributed by atoms with E-state index in [1.807, 2.05) is 17.0 Å². The molecule has 1 aliphatic heterocycles. The van der Waals surface area contributed by atoms with Gasteiger partial charge in [0.25, 0.3) is 0 Å². The first-order valence-corrected chi connectivity index (χ1v) is 7.76. The first-order valence-electron chi connectivity index (χ1n) is 7.76. The third kappa shape index (κ3) is 4.07. The van der Waals surface area contributed by atoms with Gasteiger partial charge in [0.2, 0.25) is 5.91 Å². The maximum absolute atomic E-state index is 12.4. The van der Waals surface area contributed by atoms with Crippen LogP contribution < -0.4 is 5.32 Å². The van der Waals surface area contributed by atoms with Crippen molar-refractivity contribution in [3.05, 3.63) is 35.4 Å². The molecule has 0 radical (unpaired) electrons. The Morgan fingerprint density at radius 2 is 2.20 bits per heavy atom. The summed E-state index contributed by atoms with van der Waals surface area (Å²) in [5, 5.41) is 3.54. The number of carbonyl (C=O) groups excluding carboxylic acids is 1. The van der Waals surface area contributed by atoms with Crippen molar-refractivity contribution in [1.82, 2.24) is 10.2 Å². The molecule has 1 fully saturated rings. The van der Waals surface area contributed by atoms with Crippen LogP contribution in [0.2, 0.25) is 0 Å². The molecule has 1 unspecified atom stereocenters. The number of aryl methyl sites for hydroxylation is 1. The summed E-state index contributed by atoms with van der Waals surface area (Å²) in [5.74, 6) is 0.266. The number of rotatable bonds is 5. The van der Waals surface area contributed by atoms with Gasteiger partial charge in [0, 0.05) is 19.1 Å². The molecular formula is C17H26N2O. The molecule has 20 heavy (non-hydrogen) atoms. The van der Waals surface area contributed by atoms with Crippen molar-refractivity contribution in [2.75, 3.05) is 19.6 Å². The van der Waals surface area contributed by atoms with Crippen LogP contribution in [-0.2, 0) is 11.2 Å². The zero-order chi connectivity index (χ0) is 14.4. The molecule has 1 heterocycles. The number of hydrogen-bond acceptors (Lipinski definition) is 2. The highest BCUT2D eigenvalue weighted by Gasteiger charge is 2.23. The molecular weight excluding hydrogens is 248 g/mol. The Morgan fingerprint density at radius 3 is 2.95 bits per heavy atom. The highest BCUT2D eigenvalue weighted by Crippen LogP contribution is 2.14. The van der Waals surface area contributed by atoms with Crippen LogP contribution in [0.4, 0.5) is 0 Å². The highest BCUT2D eigenvalue weighted by molar-refractivity contribution is 5.79. The van der Waals surface area contributed by atoms with E-state index in [1.165, 1.54) is 12.0 Å². The van der Waals surface area contributed by atoms with E-state index in [0.717, 1.165) is 38.0 Å². The number of amides is 1. The number of nitrogens with one attached hydrogen (secondary N) is 1. The van der Waals surface area contributed by atoms with Crippen molar-refractivity contribution in [2.24, 2.45) is 0 Å². The van der Waals surface area contributed by atoms with Crippen molar-refractivity contribution in [2.45, 2.75) is 45.6 Å².